The number of halogens is 3. The van der Waals surface area contributed by atoms with E-state index in [1.54, 1.807) is 0 Å². The molecule has 0 spiro atoms. The highest BCUT2D eigenvalue weighted by atomic mass is 19.4. The van der Waals surface area contributed by atoms with E-state index in [4.69, 9.17) is 0 Å². The number of carboxylic acid groups (broad SMARTS) is 1. The SMILES string of the molecule is CN(NC(=O)/C=C/C(=O)[O-])c1cc(C(F)(F)F)ccn1. The van der Waals surface area contributed by atoms with E-state index in [1.807, 2.05) is 0 Å². The maximum absolute atomic E-state index is 12.5. The van der Waals surface area contributed by atoms with E-state index in [0.717, 1.165) is 23.3 Å². The number of anilines is 1. The number of carboxylic acids is 1. The van der Waals surface area contributed by atoms with Crippen molar-refractivity contribution in [2.24, 2.45) is 0 Å². The summed E-state index contributed by atoms with van der Waals surface area (Å²) >= 11 is 0. The second-order valence-corrected chi connectivity index (χ2v) is 3.59. The van der Waals surface area contributed by atoms with Crippen LogP contribution in [0.15, 0.2) is 30.5 Å². The minimum atomic E-state index is -4.53. The van der Waals surface area contributed by atoms with Gasteiger partial charge in [0.25, 0.3) is 5.91 Å². The summed E-state index contributed by atoms with van der Waals surface area (Å²) in [6, 6.07) is 1.53. The van der Waals surface area contributed by atoms with Gasteiger partial charge in [0, 0.05) is 19.3 Å². The Balaban J connectivity index is 2.80. The topological polar surface area (TPSA) is 85.4 Å². The zero-order valence-electron chi connectivity index (χ0n) is 10.1. The fourth-order valence-electron chi connectivity index (χ4n) is 1.18. The third-order valence-electron chi connectivity index (χ3n) is 2.07. The first-order valence-electron chi connectivity index (χ1n) is 5.17. The molecule has 0 saturated heterocycles. The molecule has 0 aliphatic heterocycles. The van der Waals surface area contributed by atoms with Crippen LogP contribution in [0.3, 0.4) is 0 Å². The number of aromatic nitrogens is 1. The first-order chi connectivity index (χ1) is 9.20. The normalized spacial score (nSPS) is 11.4. The van der Waals surface area contributed by atoms with Crippen LogP contribution in [0.2, 0.25) is 0 Å². The van der Waals surface area contributed by atoms with Crippen LogP contribution in [0.5, 0.6) is 0 Å². The molecule has 0 fully saturated rings. The Kier molecular flexibility index (Phi) is 4.68. The summed E-state index contributed by atoms with van der Waals surface area (Å²) in [7, 11) is 1.26. The Morgan fingerprint density at radius 2 is 2.05 bits per heavy atom. The molecule has 9 heteroatoms. The second-order valence-electron chi connectivity index (χ2n) is 3.59. The minimum Gasteiger partial charge on any atom is -0.545 e. The van der Waals surface area contributed by atoms with E-state index < -0.39 is 23.6 Å². The molecule has 1 rings (SSSR count). The van der Waals surface area contributed by atoms with Crippen molar-refractivity contribution in [1.82, 2.24) is 10.4 Å². The van der Waals surface area contributed by atoms with Crippen molar-refractivity contribution in [2.75, 3.05) is 12.1 Å². The van der Waals surface area contributed by atoms with Crippen molar-refractivity contribution in [1.29, 1.82) is 0 Å². The van der Waals surface area contributed by atoms with E-state index in [1.165, 1.54) is 7.05 Å². The molecule has 1 N–H and O–H groups in total. The number of pyridine rings is 1. The average molecular weight is 288 g/mol. The van der Waals surface area contributed by atoms with Crippen LogP contribution in [0.4, 0.5) is 19.0 Å². The smallest absolute Gasteiger partial charge is 0.416 e. The van der Waals surface area contributed by atoms with Crippen LogP contribution in [0, 0.1) is 0 Å². The molecule has 1 amide bonds. The summed E-state index contributed by atoms with van der Waals surface area (Å²) in [5, 5.41) is 11.0. The summed E-state index contributed by atoms with van der Waals surface area (Å²) in [4.78, 5) is 25.0. The standard InChI is InChI=1S/C11H10F3N3O3/c1-17(16-9(18)2-3-10(19)20)8-6-7(4-5-15-8)11(12,13)14/h2-6H,1H3,(H,16,18)(H,19,20)/p-1/b3-2+. The molecule has 0 bridgehead atoms. The van der Waals surface area contributed by atoms with E-state index >= 15 is 0 Å². The lowest BCUT2D eigenvalue weighted by atomic mass is 10.2. The van der Waals surface area contributed by atoms with Gasteiger partial charge in [0.05, 0.1) is 11.5 Å². The first kappa shape index (κ1) is 15.5. The van der Waals surface area contributed by atoms with E-state index in [-0.39, 0.29) is 5.82 Å². The van der Waals surface area contributed by atoms with E-state index in [0.29, 0.717) is 12.2 Å². The molecule has 6 nitrogen and oxygen atoms in total. The molecule has 20 heavy (non-hydrogen) atoms. The van der Waals surface area contributed by atoms with E-state index in [9.17, 15) is 27.9 Å². The molecule has 0 aromatic carbocycles. The number of carbonyl (C=O) groups is 2. The number of nitrogens with zero attached hydrogens (tertiary/aromatic N) is 2. The molecule has 108 valence electrons. The summed E-state index contributed by atoms with van der Waals surface area (Å²) in [6.45, 7) is 0. The number of amides is 1. The Labute approximate surface area is 111 Å². The van der Waals surface area contributed by atoms with Gasteiger partial charge in [0.1, 0.15) is 5.82 Å². The Morgan fingerprint density at radius 3 is 2.60 bits per heavy atom. The molecule has 1 heterocycles. The van der Waals surface area contributed by atoms with E-state index in [2.05, 4.69) is 10.4 Å². The summed E-state index contributed by atoms with van der Waals surface area (Å²) in [6.07, 6.45) is -2.43. The molecular formula is C11H9F3N3O3-. The van der Waals surface area contributed by atoms with Gasteiger partial charge in [0.2, 0.25) is 0 Å². The number of hydrazine groups is 1. The molecule has 0 atom stereocenters. The van der Waals surface area contributed by atoms with Gasteiger partial charge in [0.15, 0.2) is 0 Å². The van der Waals surface area contributed by atoms with Gasteiger partial charge in [-0.3, -0.25) is 15.2 Å². The maximum atomic E-state index is 12.5. The molecule has 0 aliphatic carbocycles. The van der Waals surface area contributed by atoms with Crippen molar-refractivity contribution in [2.45, 2.75) is 6.18 Å². The number of hydrogen-bond acceptors (Lipinski definition) is 5. The number of aliphatic carboxylic acids is 1. The van der Waals surface area contributed by atoms with Crippen molar-refractivity contribution in [3.8, 4) is 0 Å². The highest BCUT2D eigenvalue weighted by molar-refractivity contribution is 5.93. The molecule has 0 aliphatic rings. The van der Waals surface area contributed by atoms with Crippen LogP contribution in [-0.4, -0.2) is 23.9 Å². The third-order valence-corrected chi connectivity index (χ3v) is 2.07. The number of carbonyl (C=O) groups excluding carboxylic acids is 2. The van der Waals surface area contributed by atoms with Crippen LogP contribution in [0.25, 0.3) is 0 Å². The fraction of sp³-hybridized carbons (Fsp3) is 0.182. The van der Waals surface area contributed by atoms with Gasteiger partial charge in [-0.1, -0.05) is 0 Å². The van der Waals surface area contributed by atoms with Gasteiger partial charge in [-0.05, 0) is 18.2 Å². The first-order valence-corrected chi connectivity index (χ1v) is 5.17. The van der Waals surface area contributed by atoms with Crippen molar-refractivity contribution < 1.29 is 27.9 Å². The number of rotatable bonds is 4. The Bertz CT molecular complexity index is 543. The predicted molar refractivity (Wildman–Crippen MR) is 59.9 cm³/mol. The van der Waals surface area contributed by atoms with Gasteiger partial charge in [-0.25, -0.2) is 4.98 Å². The zero-order valence-corrected chi connectivity index (χ0v) is 10.1. The molecule has 0 unspecified atom stereocenters. The Hall–Kier alpha value is -2.58. The van der Waals surface area contributed by atoms with Crippen molar-refractivity contribution >= 4 is 17.7 Å². The molecule has 0 saturated carbocycles. The van der Waals surface area contributed by atoms with Crippen molar-refractivity contribution in [3.63, 3.8) is 0 Å². The summed E-state index contributed by atoms with van der Waals surface area (Å²) < 4.78 is 37.5. The number of nitrogens with one attached hydrogen (secondary N) is 1. The minimum absolute atomic E-state index is 0.157. The van der Waals surface area contributed by atoms with Gasteiger partial charge in [-0.2, -0.15) is 13.2 Å². The maximum Gasteiger partial charge on any atom is 0.416 e. The number of hydrogen-bond donors (Lipinski definition) is 1. The lowest BCUT2D eigenvalue weighted by Gasteiger charge is -2.19. The van der Waals surface area contributed by atoms with Gasteiger partial charge < -0.3 is 9.90 Å². The highest BCUT2D eigenvalue weighted by Gasteiger charge is 2.31. The lowest BCUT2D eigenvalue weighted by Crippen LogP contribution is -2.39. The molecule has 1 aromatic rings. The average Bonchev–Trinajstić information content (AvgIpc) is 2.35. The molecular weight excluding hydrogens is 279 g/mol. The monoisotopic (exact) mass is 288 g/mol. The van der Waals surface area contributed by atoms with Crippen molar-refractivity contribution in [3.05, 3.63) is 36.0 Å². The largest absolute Gasteiger partial charge is 0.545 e. The quantitative estimate of drug-likeness (QED) is 0.616. The fourth-order valence-corrected chi connectivity index (χ4v) is 1.18. The van der Waals surface area contributed by atoms with Gasteiger partial charge in [-0.15, -0.1) is 0 Å². The van der Waals surface area contributed by atoms with Crippen LogP contribution >= 0.6 is 0 Å². The Morgan fingerprint density at radius 1 is 1.40 bits per heavy atom. The summed E-state index contributed by atoms with van der Waals surface area (Å²) in [5.74, 6) is -2.58. The number of alkyl halides is 3. The zero-order chi connectivity index (χ0) is 15.3. The molecule has 1 aromatic heterocycles. The third kappa shape index (κ3) is 4.59. The van der Waals surface area contributed by atoms with Crippen LogP contribution < -0.4 is 15.5 Å². The van der Waals surface area contributed by atoms with Crippen LogP contribution in [0.1, 0.15) is 5.56 Å². The predicted octanol–water partition coefficient (Wildman–Crippen LogP) is -0.126. The summed E-state index contributed by atoms with van der Waals surface area (Å²) in [5.41, 5.74) is 1.19. The van der Waals surface area contributed by atoms with Gasteiger partial charge >= 0.3 is 6.18 Å². The van der Waals surface area contributed by atoms with Crippen LogP contribution in [-0.2, 0) is 15.8 Å². The molecule has 0 radical (unpaired) electrons. The second kappa shape index (κ2) is 6.04. The highest BCUT2D eigenvalue weighted by Crippen LogP contribution is 2.30. The lowest BCUT2D eigenvalue weighted by molar-refractivity contribution is -0.297.